The van der Waals surface area contributed by atoms with E-state index < -0.39 is 5.60 Å². The Bertz CT molecular complexity index is 294. The highest BCUT2D eigenvalue weighted by molar-refractivity contribution is 5.35. The minimum absolute atomic E-state index is 0.0168. The highest BCUT2D eigenvalue weighted by Gasteiger charge is 2.23. The zero-order chi connectivity index (χ0) is 10.6. The van der Waals surface area contributed by atoms with Crippen LogP contribution in [-0.2, 0) is 10.3 Å². The fourth-order valence-electron chi connectivity index (χ4n) is 1.36. The molecular weight excluding hydrogens is 180 g/mol. The average molecular weight is 196 g/mol. The second kappa shape index (κ2) is 4.44. The average Bonchev–Trinajstić information content (AvgIpc) is 2.15. The first-order valence-corrected chi connectivity index (χ1v) is 4.61. The number of aliphatic hydroxyl groups is 1. The van der Waals surface area contributed by atoms with Gasteiger partial charge in [0.15, 0.2) is 0 Å². The van der Waals surface area contributed by atoms with E-state index in [4.69, 9.17) is 9.84 Å². The molecule has 0 spiro atoms. The highest BCUT2D eigenvalue weighted by Crippen LogP contribution is 2.31. The summed E-state index contributed by atoms with van der Waals surface area (Å²) in [5, 5.41) is 18.3. The second-order valence-electron chi connectivity index (χ2n) is 3.60. The van der Waals surface area contributed by atoms with E-state index in [2.05, 4.69) is 0 Å². The van der Waals surface area contributed by atoms with E-state index in [1.165, 1.54) is 0 Å². The van der Waals surface area contributed by atoms with Crippen molar-refractivity contribution in [2.45, 2.75) is 19.4 Å². The van der Waals surface area contributed by atoms with Crippen LogP contribution in [0.4, 0.5) is 0 Å². The minimum Gasteiger partial charge on any atom is -0.508 e. The summed E-state index contributed by atoms with van der Waals surface area (Å²) in [4.78, 5) is 0. The number of phenols is 1. The maximum absolute atomic E-state index is 9.60. The topological polar surface area (TPSA) is 49.7 Å². The molecule has 1 aromatic carbocycles. The van der Waals surface area contributed by atoms with Crippen molar-refractivity contribution < 1.29 is 14.9 Å². The van der Waals surface area contributed by atoms with E-state index in [1.807, 2.05) is 26.0 Å². The van der Waals surface area contributed by atoms with E-state index in [-0.39, 0.29) is 19.0 Å². The summed E-state index contributed by atoms with van der Waals surface area (Å²) in [5.74, 6) is 0.218. The normalized spacial score (nSPS) is 11.6. The van der Waals surface area contributed by atoms with Gasteiger partial charge in [0.05, 0.1) is 18.8 Å². The van der Waals surface area contributed by atoms with Gasteiger partial charge in [0.2, 0.25) is 0 Å². The molecule has 0 aliphatic heterocycles. The Hall–Kier alpha value is -1.06. The molecule has 1 rings (SSSR count). The molecule has 3 nitrogen and oxygen atoms in total. The van der Waals surface area contributed by atoms with Gasteiger partial charge in [0.25, 0.3) is 0 Å². The number of phenolic OH excluding ortho intramolecular Hbond substituents is 1. The molecule has 0 aliphatic carbocycles. The molecule has 0 aliphatic rings. The van der Waals surface area contributed by atoms with Crippen LogP contribution in [0.25, 0.3) is 0 Å². The lowest BCUT2D eigenvalue weighted by molar-refractivity contribution is -0.0381. The quantitative estimate of drug-likeness (QED) is 0.769. The first-order valence-electron chi connectivity index (χ1n) is 4.61. The first kappa shape index (κ1) is 11.0. The summed E-state index contributed by atoms with van der Waals surface area (Å²) in [6.07, 6.45) is 0. The van der Waals surface area contributed by atoms with Gasteiger partial charge in [-0.15, -0.1) is 0 Å². The zero-order valence-electron chi connectivity index (χ0n) is 8.53. The van der Waals surface area contributed by atoms with Crippen molar-refractivity contribution >= 4 is 0 Å². The van der Waals surface area contributed by atoms with Gasteiger partial charge in [-0.25, -0.2) is 0 Å². The first-order chi connectivity index (χ1) is 6.58. The van der Waals surface area contributed by atoms with E-state index in [0.29, 0.717) is 0 Å². The van der Waals surface area contributed by atoms with Crippen LogP contribution in [0, 0.1) is 0 Å². The zero-order valence-corrected chi connectivity index (χ0v) is 8.53. The third kappa shape index (κ3) is 2.47. The Balaban J connectivity index is 2.86. The van der Waals surface area contributed by atoms with Crippen LogP contribution in [0.3, 0.4) is 0 Å². The number of aliphatic hydroxyl groups excluding tert-OH is 1. The molecule has 0 fully saturated rings. The van der Waals surface area contributed by atoms with Crippen molar-refractivity contribution in [2.24, 2.45) is 0 Å². The summed E-state index contributed by atoms with van der Waals surface area (Å²) in [6.45, 7) is 3.97. The van der Waals surface area contributed by atoms with E-state index in [9.17, 15) is 5.11 Å². The molecule has 0 bridgehead atoms. The van der Waals surface area contributed by atoms with Gasteiger partial charge in [0.1, 0.15) is 5.75 Å². The van der Waals surface area contributed by atoms with Gasteiger partial charge >= 0.3 is 0 Å². The van der Waals surface area contributed by atoms with E-state index in [1.54, 1.807) is 12.1 Å². The molecule has 0 radical (unpaired) electrons. The molecule has 14 heavy (non-hydrogen) atoms. The SMILES string of the molecule is CC(C)(OCCO)c1ccccc1O. The molecule has 0 unspecified atom stereocenters. The number of ether oxygens (including phenoxy) is 1. The summed E-state index contributed by atoms with van der Waals surface area (Å²) in [7, 11) is 0. The maximum Gasteiger partial charge on any atom is 0.121 e. The number of benzene rings is 1. The number of aromatic hydroxyl groups is 1. The maximum atomic E-state index is 9.60. The van der Waals surface area contributed by atoms with Gasteiger partial charge in [-0.2, -0.15) is 0 Å². The third-order valence-corrected chi connectivity index (χ3v) is 2.11. The van der Waals surface area contributed by atoms with E-state index >= 15 is 0 Å². The van der Waals surface area contributed by atoms with Gasteiger partial charge < -0.3 is 14.9 Å². The lowest BCUT2D eigenvalue weighted by Gasteiger charge is -2.26. The number of rotatable bonds is 4. The monoisotopic (exact) mass is 196 g/mol. The van der Waals surface area contributed by atoms with Crippen LogP contribution in [0.15, 0.2) is 24.3 Å². The van der Waals surface area contributed by atoms with Gasteiger partial charge in [0, 0.05) is 5.56 Å². The molecule has 1 aromatic rings. The van der Waals surface area contributed by atoms with Gasteiger partial charge in [-0.3, -0.25) is 0 Å². The fourth-order valence-corrected chi connectivity index (χ4v) is 1.36. The van der Waals surface area contributed by atoms with Crippen LogP contribution in [0.1, 0.15) is 19.4 Å². The number of para-hydroxylation sites is 1. The predicted molar refractivity (Wildman–Crippen MR) is 54.2 cm³/mol. The van der Waals surface area contributed by atoms with Crippen molar-refractivity contribution in [3.05, 3.63) is 29.8 Å². The van der Waals surface area contributed by atoms with Gasteiger partial charge in [-0.05, 0) is 19.9 Å². The molecule has 0 heterocycles. The van der Waals surface area contributed by atoms with Crippen molar-refractivity contribution in [1.82, 2.24) is 0 Å². The highest BCUT2D eigenvalue weighted by atomic mass is 16.5. The minimum atomic E-state index is -0.575. The summed E-state index contributed by atoms with van der Waals surface area (Å²) in [5.41, 5.74) is 0.155. The van der Waals surface area contributed by atoms with Crippen molar-refractivity contribution in [1.29, 1.82) is 0 Å². The standard InChI is InChI=1S/C11H16O3/c1-11(2,14-8-7-12)9-5-3-4-6-10(9)13/h3-6,12-13H,7-8H2,1-2H3. The Morgan fingerprint density at radius 3 is 2.50 bits per heavy atom. The van der Waals surface area contributed by atoms with Crippen molar-refractivity contribution in [3.63, 3.8) is 0 Å². The lowest BCUT2D eigenvalue weighted by atomic mass is 9.97. The van der Waals surface area contributed by atoms with Crippen molar-refractivity contribution in [2.75, 3.05) is 13.2 Å². The van der Waals surface area contributed by atoms with Gasteiger partial charge in [-0.1, -0.05) is 18.2 Å². The largest absolute Gasteiger partial charge is 0.508 e. The summed E-state index contributed by atoms with van der Waals surface area (Å²) < 4.78 is 5.44. The van der Waals surface area contributed by atoms with Crippen molar-refractivity contribution in [3.8, 4) is 5.75 Å². The van der Waals surface area contributed by atoms with Crippen LogP contribution in [0.5, 0.6) is 5.75 Å². The number of hydrogen-bond acceptors (Lipinski definition) is 3. The molecule has 0 atom stereocenters. The van der Waals surface area contributed by atoms with Crippen LogP contribution in [-0.4, -0.2) is 23.4 Å². The molecule has 0 aromatic heterocycles. The molecule has 0 amide bonds. The van der Waals surface area contributed by atoms with Crippen LogP contribution in [0.2, 0.25) is 0 Å². The Kier molecular flexibility index (Phi) is 3.49. The fraction of sp³-hybridized carbons (Fsp3) is 0.455. The molecule has 0 saturated heterocycles. The molecule has 0 saturated carbocycles. The molecule has 2 N–H and O–H groups in total. The Labute approximate surface area is 84.0 Å². The van der Waals surface area contributed by atoms with E-state index in [0.717, 1.165) is 5.56 Å². The molecule has 78 valence electrons. The Morgan fingerprint density at radius 1 is 1.29 bits per heavy atom. The van der Waals surface area contributed by atoms with Crippen LogP contribution >= 0.6 is 0 Å². The lowest BCUT2D eigenvalue weighted by Crippen LogP contribution is -2.23. The molecular formula is C11H16O3. The number of hydrogen-bond donors (Lipinski definition) is 2. The summed E-state index contributed by atoms with van der Waals surface area (Å²) in [6, 6.07) is 7.05. The smallest absolute Gasteiger partial charge is 0.121 e. The summed E-state index contributed by atoms with van der Waals surface area (Å²) >= 11 is 0. The molecule has 3 heteroatoms. The third-order valence-electron chi connectivity index (χ3n) is 2.11. The predicted octanol–water partition coefficient (Wildman–Crippen LogP) is 1.64. The van der Waals surface area contributed by atoms with Crippen LogP contribution < -0.4 is 0 Å². The second-order valence-corrected chi connectivity index (χ2v) is 3.60. The Morgan fingerprint density at radius 2 is 1.93 bits per heavy atom.